The Labute approximate surface area is 126 Å². The van der Waals surface area contributed by atoms with E-state index >= 15 is 0 Å². The zero-order chi connectivity index (χ0) is 15.6. The maximum absolute atomic E-state index is 12.5. The summed E-state index contributed by atoms with van der Waals surface area (Å²) in [5.74, 6) is 0.824. The van der Waals surface area contributed by atoms with Crippen LogP contribution in [0, 0.1) is 17.8 Å². The molecule has 1 amide bonds. The molecule has 21 heavy (non-hydrogen) atoms. The van der Waals surface area contributed by atoms with E-state index in [1.54, 1.807) is 0 Å². The fourth-order valence-electron chi connectivity index (χ4n) is 3.51. The molecule has 0 radical (unpaired) electrons. The van der Waals surface area contributed by atoms with Crippen molar-refractivity contribution in [3.63, 3.8) is 0 Å². The maximum atomic E-state index is 12.5. The topological polar surface area (TPSA) is 64.6 Å². The molecule has 0 aromatic rings. The third kappa shape index (κ3) is 3.39. The average molecular weight is 297 g/mol. The van der Waals surface area contributed by atoms with Crippen molar-refractivity contribution in [3.8, 4) is 0 Å². The Morgan fingerprint density at radius 3 is 2.62 bits per heavy atom. The molecule has 120 valence electrons. The maximum Gasteiger partial charge on any atom is 0.360 e. The number of ether oxygens (including phenoxy) is 2. The van der Waals surface area contributed by atoms with Crippen LogP contribution in [-0.4, -0.2) is 30.8 Å². The minimum atomic E-state index is -1.28. The van der Waals surface area contributed by atoms with E-state index in [-0.39, 0.29) is 12.0 Å². The smallest absolute Gasteiger partial charge is 0.360 e. The van der Waals surface area contributed by atoms with E-state index in [2.05, 4.69) is 26.1 Å². The number of esters is 1. The van der Waals surface area contributed by atoms with Crippen LogP contribution in [0.5, 0.6) is 0 Å². The van der Waals surface area contributed by atoms with Gasteiger partial charge in [-0.3, -0.25) is 4.79 Å². The van der Waals surface area contributed by atoms with Gasteiger partial charge in [-0.1, -0.05) is 27.2 Å². The van der Waals surface area contributed by atoms with Crippen molar-refractivity contribution in [1.82, 2.24) is 5.32 Å². The second-order valence-electron chi connectivity index (χ2n) is 6.85. The molecular weight excluding hydrogens is 270 g/mol. The van der Waals surface area contributed by atoms with Gasteiger partial charge in [0.15, 0.2) is 0 Å². The zero-order valence-electron chi connectivity index (χ0n) is 13.5. The lowest BCUT2D eigenvalue weighted by atomic mass is 9.75. The molecule has 0 aromatic heterocycles. The molecule has 1 aliphatic heterocycles. The summed E-state index contributed by atoms with van der Waals surface area (Å²) >= 11 is 0. The van der Waals surface area contributed by atoms with E-state index in [0.717, 1.165) is 12.8 Å². The van der Waals surface area contributed by atoms with Crippen molar-refractivity contribution in [2.24, 2.45) is 17.8 Å². The highest BCUT2D eigenvalue weighted by atomic mass is 16.6. The first-order valence-electron chi connectivity index (χ1n) is 7.95. The highest BCUT2D eigenvalue weighted by molar-refractivity contribution is 5.90. The molecule has 1 saturated heterocycles. The summed E-state index contributed by atoms with van der Waals surface area (Å²) in [5.41, 5.74) is -1.28. The second kappa shape index (κ2) is 6.34. The zero-order valence-corrected chi connectivity index (χ0v) is 13.5. The fraction of sp³-hybridized carbons (Fsp3) is 0.875. The first kappa shape index (κ1) is 16.3. The van der Waals surface area contributed by atoms with Crippen LogP contribution < -0.4 is 5.32 Å². The molecule has 1 N–H and O–H groups in total. The largest absolute Gasteiger partial charge is 0.459 e. The van der Waals surface area contributed by atoms with Crippen LogP contribution in [0.25, 0.3) is 0 Å². The molecule has 2 fully saturated rings. The SMILES string of the molecule is COC1(C(=O)O[C@H]2C[C@@H](C)CC[C@@H]2C(C)C)CCC(=O)N1. The fourth-order valence-corrected chi connectivity index (χ4v) is 3.51. The highest BCUT2D eigenvalue weighted by Gasteiger charge is 2.48. The number of nitrogens with one attached hydrogen (secondary N) is 1. The minimum absolute atomic E-state index is 0.0780. The molecular formula is C16H27NO4. The van der Waals surface area contributed by atoms with Crippen LogP contribution >= 0.6 is 0 Å². The molecule has 2 rings (SSSR count). The molecule has 5 nitrogen and oxygen atoms in total. The number of carbonyl (C=O) groups is 2. The van der Waals surface area contributed by atoms with Gasteiger partial charge in [-0.15, -0.1) is 0 Å². The Bertz CT molecular complexity index is 409. The first-order chi connectivity index (χ1) is 9.88. The average Bonchev–Trinajstić information content (AvgIpc) is 2.81. The summed E-state index contributed by atoms with van der Waals surface area (Å²) in [6, 6.07) is 0. The van der Waals surface area contributed by atoms with Crippen LogP contribution in [0.1, 0.15) is 52.9 Å². The molecule has 0 spiro atoms. The molecule has 5 heteroatoms. The summed E-state index contributed by atoms with van der Waals surface area (Å²) in [6.45, 7) is 6.54. The molecule has 1 unspecified atom stereocenters. The van der Waals surface area contributed by atoms with Gasteiger partial charge < -0.3 is 14.8 Å². The predicted octanol–water partition coefficient (Wildman–Crippen LogP) is 2.24. The van der Waals surface area contributed by atoms with Gasteiger partial charge in [-0.05, 0) is 30.6 Å². The minimum Gasteiger partial charge on any atom is -0.459 e. The number of hydrogen-bond acceptors (Lipinski definition) is 4. The van der Waals surface area contributed by atoms with Crippen molar-refractivity contribution in [1.29, 1.82) is 0 Å². The molecule has 1 heterocycles. The summed E-state index contributed by atoms with van der Waals surface area (Å²) in [5, 5.41) is 2.63. The molecule has 2 aliphatic rings. The number of methoxy groups -OCH3 is 1. The van der Waals surface area contributed by atoms with Gasteiger partial charge >= 0.3 is 5.97 Å². The first-order valence-corrected chi connectivity index (χ1v) is 7.95. The Morgan fingerprint density at radius 2 is 2.10 bits per heavy atom. The van der Waals surface area contributed by atoms with E-state index in [1.807, 2.05) is 0 Å². The third-order valence-electron chi connectivity index (χ3n) is 4.94. The van der Waals surface area contributed by atoms with Crippen LogP contribution in [0.3, 0.4) is 0 Å². The van der Waals surface area contributed by atoms with Gasteiger partial charge in [0.2, 0.25) is 11.6 Å². The van der Waals surface area contributed by atoms with E-state index in [1.165, 1.54) is 13.5 Å². The highest BCUT2D eigenvalue weighted by Crippen LogP contribution is 2.36. The normalized spacial score (nSPS) is 36.6. The molecule has 4 atom stereocenters. The van der Waals surface area contributed by atoms with Crippen LogP contribution in [0.15, 0.2) is 0 Å². The van der Waals surface area contributed by atoms with Gasteiger partial charge in [-0.25, -0.2) is 4.79 Å². The Morgan fingerprint density at radius 1 is 1.38 bits per heavy atom. The Balaban J connectivity index is 2.07. The van der Waals surface area contributed by atoms with Gasteiger partial charge in [0, 0.05) is 20.0 Å². The standard InChI is InChI=1S/C16H27NO4/c1-10(2)12-6-5-11(3)9-13(12)21-15(19)16(20-4)8-7-14(18)17-16/h10-13H,5-9H2,1-4H3,(H,17,18)/t11-,12+,13-,16?/m0/s1. The Kier molecular flexibility index (Phi) is 4.91. The molecule has 0 bridgehead atoms. The number of carbonyl (C=O) groups excluding carboxylic acids is 2. The van der Waals surface area contributed by atoms with Crippen molar-refractivity contribution in [3.05, 3.63) is 0 Å². The molecule has 0 aromatic carbocycles. The monoisotopic (exact) mass is 297 g/mol. The van der Waals surface area contributed by atoms with E-state index in [0.29, 0.717) is 30.6 Å². The van der Waals surface area contributed by atoms with Crippen molar-refractivity contribution >= 4 is 11.9 Å². The predicted molar refractivity (Wildman–Crippen MR) is 78.3 cm³/mol. The molecule has 1 saturated carbocycles. The van der Waals surface area contributed by atoms with Crippen LogP contribution in [0.2, 0.25) is 0 Å². The van der Waals surface area contributed by atoms with Crippen LogP contribution in [-0.2, 0) is 19.1 Å². The van der Waals surface area contributed by atoms with Gasteiger partial charge in [0.1, 0.15) is 6.10 Å². The summed E-state index contributed by atoms with van der Waals surface area (Å²) in [7, 11) is 1.44. The van der Waals surface area contributed by atoms with E-state index < -0.39 is 11.7 Å². The van der Waals surface area contributed by atoms with Crippen LogP contribution in [0.4, 0.5) is 0 Å². The number of amides is 1. The summed E-state index contributed by atoms with van der Waals surface area (Å²) in [4.78, 5) is 24.0. The quantitative estimate of drug-likeness (QED) is 0.808. The molecule has 1 aliphatic carbocycles. The van der Waals surface area contributed by atoms with Gasteiger partial charge in [0.25, 0.3) is 0 Å². The lowest BCUT2D eigenvalue weighted by Gasteiger charge is -2.38. The van der Waals surface area contributed by atoms with Gasteiger partial charge in [0.05, 0.1) is 0 Å². The second-order valence-corrected chi connectivity index (χ2v) is 6.85. The summed E-state index contributed by atoms with van der Waals surface area (Å²) < 4.78 is 11.1. The van der Waals surface area contributed by atoms with Crippen molar-refractivity contribution in [2.45, 2.75) is 64.7 Å². The van der Waals surface area contributed by atoms with Crippen molar-refractivity contribution < 1.29 is 19.1 Å². The third-order valence-corrected chi connectivity index (χ3v) is 4.94. The Hall–Kier alpha value is -1.10. The van der Waals surface area contributed by atoms with Gasteiger partial charge in [-0.2, -0.15) is 0 Å². The summed E-state index contributed by atoms with van der Waals surface area (Å²) in [6.07, 6.45) is 3.73. The number of hydrogen-bond donors (Lipinski definition) is 1. The lowest BCUT2D eigenvalue weighted by Crippen LogP contribution is -2.53. The van der Waals surface area contributed by atoms with E-state index in [4.69, 9.17) is 9.47 Å². The number of rotatable bonds is 4. The lowest BCUT2D eigenvalue weighted by molar-refractivity contribution is -0.184. The van der Waals surface area contributed by atoms with E-state index in [9.17, 15) is 9.59 Å². The van der Waals surface area contributed by atoms with Crippen molar-refractivity contribution in [2.75, 3.05) is 7.11 Å².